The third-order valence-electron chi connectivity index (χ3n) is 3.83. The highest BCUT2D eigenvalue weighted by atomic mass is 16.6. The van der Waals surface area contributed by atoms with Crippen LogP contribution in [0.3, 0.4) is 0 Å². The summed E-state index contributed by atoms with van der Waals surface area (Å²) in [5, 5.41) is 17.7. The zero-order valence-electron chi connectivity index (χ0n) is 16.7. The molecule has 2 N–H and O–H groups in total. The number of ether oxygens (including phenoxy) is 7. The second kappa shape index (κ2) is 14.6. The van der Waals surface area contributed by atoms with Crippen LogP contribution < -0.4 is 0 Å². The second-order valence-corrected chi connectivity index (χ2v) is 6.87. The molecule has 9 nitrogen and oxygen atoms in total. The highest BCUT2D eigenvalue weighted by Crippen LogP contribution is 2.14. The summed E-state index contributed by atoms with van der Waals surface area (Å²) in [4.78, 5) is 0. The van der Waals surface area contributed by atoms with Crippen LogP contribution in [0.2, 0.25) is 0 Å². The van der Waals surface area contributed by atoms with Gasteiger partial charge in [-0.15, -0.1) is 0 Å². The number of aliphatic hydroxyl groups excluding tert-OH is 2. The Morgan fingerprint density at radius 1 is 0.667 bits per heavy atom. The Kier molecular flexibility index (Phi) is 13.4. The summed E-state index contributed by atoms with van der Waals surface area (Å²) in [7, 11) is 0. The Balaban J connectivity index is 2.49. The molecule has 1 aliphatic heterocycles. The van der Waals surface area contributed by atoms with Crippen LogP contribution in [0.15, 0.2) is 0 Å². The van der Waals surface area contributed by atoms with E-state index >= 15 is 0 Å². The molecule has 0 aliphatic carbocycles. The molecule has 0 amide bonds. The van der Waals surface area contributed by atoms with Gasteiger partial charge in [-0.05, 0) is 13.8 Å². The number of rotatable bonds is 8. The molecule has 1 aliphatic rings. The van der Waals surface area contributed by atoms with Crippen LogP contribution in [0, 0.1) is 0 Å². The Morgan fingerprint density at radius 2 is 1.07 bits per heavy atom. The monoisotopic (exact) mass is 396 g/mol. The summed E-state index contributed by atoms with van der Waals surface area (Å²) in [6.45, 7) is 8.03. The van der Waals surface area contributed by atoms with Crippen molar-refractivity contribution in [2.45, 2.75) is 25.0 Å². The Bertz CT molecular complexity index is 326. The van der Waals surface area contributed by atoms with E-state index in [1.807, 2.05) is 13.8 Å². The predicted molar refractivity (Wildman–Crippen MR) is 97.0 cm³/mol. The van der Waals surface area contributed by atoms with Crippen molar-refractivity contribution < 1.29 is 43.4 Å². The third-order valence-corrected chi connectivity index (χ3v) is 3.83. The van der Waals surface area contributed by atoms with E-state index in [2.05, 4.69) is 0 Å². The van der Waals surface area contributed by atoms with Gasteiger partial charge in [0, 0.05) is 0 Å². The summed E-state index contributed by atoms with van der Waals surface area (Å²) >= 11 is 0. The van der Waals surface area contributed by atoms with Crippen molar-refractivity contribution in [2.24, 2.45) is 0 Å². The quantitative estimate of drug-likeness (QED) is 0.531. The fourth-order valence-electron chi connectivity index (χ4n) is 2.45. The van der Waals surface area contributed by atoms with Gasteiger partial charge in [0.1, 0.15) is 11.2 Å². The van der Waals surface area contributed by atoms with Crippen LogP contribution in [0.25, 0.3) is 0 Å². The van der Waals surface area contributed by atoms with E-state index in [1.54, 1.807) is 0 Å². The standard InChI is InChI=1S/C18H36O9/c1-17(13-22-5-3-19)15-24-7-8-25-16-18(2,14-23-6-4-20)27-12-10-21-9-11-26-17/h19-20H,3-16H2,1-2H3/t17-,18-/m0/s1. The SMILES string of the molecule is C[C@]1(COCCO)COCCOC[C@](C)(COCCO)OCCOCCO1. The Morgan fingerprint density at radius 3 is 1.48 bits per heavy atom. The molecule has 2 atom stereocenters. The average molecular weight is 396 g/mol. The van der Waals surface area contributed by atoms with E-state index in [0.29, 0.717) is 66.1 Å². The first kappa shape index (κ1) is 24.7. The van der Waals surface area contributed by atoms with Crippen LogP contribution >= 0.6 is 0 Å². The van der Waals surface area contributed by atoms with Crippen LogP contribution in [-0.4, -0.2) is 114 Å². The lowest BCUT2D eigenvalue weighted by molar-refractivity contribution is -0.140. The molecule has 0 aromatic heterocycles. The molecule has 0 aromatic carbocycles. The molecule has 1 saturated heterocycles. The largest absolute Gasteiger partial charge is 0.394 e. The molecule has 1 heterocycles. The minimum Gasteiger partial charge on any atom is -0.394 e. The summed E-state index contributed by atoms with van der Waals surface area (Å²) in [6, 6.07) is 0. The molecule has 1 fully saturated rings. The van der Waals surface area contributed by atoms with E-state index in [-0.39, 0.29) is 26.4 Å². The van der Waals surface area contributed by atoms with Crippen molar-refractivity contribution in [3.8, 4) is 0 Å². The maximum absolute atomic E-state index is 8.86. The molecular weight excluding hydrogens is 360 g/mol. The maximum Gasteiger partial charge on any atom is 0.112 e. The predicted octanol–water partition coefficient (Wildman–Crippen LogP) is -0.382. The molecule has 9 heteroatoms. The van der Waals surface area contributed by atoms with Crippen molar-refractivity contribution in [1.29, 1.82) is 0 Å². The first-order valence-corrected chi connectivity index (χ1v) is 9.42. The molecule has 162 valence electrons. The van der Waals surface area contributed by atoms with Gasteiger partial charge in [-0.25, -0.2) is 0 Å². The molecule has 0 spiro atoms. The topological polar surface area (TPSA) is 105 Å². The van der Waals surface area contributed by atoms with Crippen molar-refractivity contribution in [2.75, 3.05) is 92.5 Å². The zero-order chi connectivity index (χ0) is 19.8. The van der Waals surface area contributed by atoms with Crippen molar-refractivity contribution in [3.63, 3.8) is 0 Å². The Labute approximate surface area is 161 Å². The van der Waals surface area contributed by atoms with Crippen LogP contribution in [0.5, 0.6) is 0 Å². The lowest BCUT2D eigenvalue weighted by atomic mass is 10.1. The molecular formula is C18H36O9. The summed E-state index contributed by atoms with van der Waals surface area (Å²) in [5.74, 6) is 0. The fraction of sp³-hybridized carbons (Fsp3) is 1.00. The molecule has 27 heavy (non-hydrogen) atoms. The van der Waals surface area contributed by atoms with Gasteiger partial charge in [0.05, 0.1) is 92.5 Å². The summed E-state index contributed by atoms with van der Waals surface area (Å²) in [6.07, 6.45) is 0. The maximum atomic E-state index is 8.86. The van der Waals surface area contributed by atoms with Gasteiger partial charge in [-0.3, -0.25) is 0 Å². The van der Waals surface area contributed by atoms with Gasteiger partial charge in [-0.1, -0.05) is 0 Å². The van der Waals surface area contributed by atoms with Gasteiger partial charge >= 0.3 is 0 Å². The van der Waals surface area contributed by atoms with Gasteiger partial charge in [0.15, 0.2) is 0 Å². The van der Waals surface area contributed by atoms with E-state index in [9.17, 15) is 0 Å². The smallest absolute Gasteiger partial charge is 0.112 e. The van der Waals surface area contributed by atoms with Gasteiger partial charge in [-0.2, -0.15) is 0 Å². The highest BCUT2D eigenvalue weighted by Gasteiger charge is 2.28. The molecule has 0 aromatic rings. The molecule has 0 radical (unpaired) electrons. The fourth-order valence-corrected chi connectivity index (χ4v) is 2.45. The lowest BCUT2D eigenvalue weighted by Gasteiger charge is -2.30. The first-order chi connectivity index (χ1) is 13.0. The number of hydrogen-bond acceptors (Lipinski definition) is 9. The van der Waals surface area contributed by atoms with E-state index in [0.717, 1.165) is 0 Å². The van der Waals surface area contributed by atoms with Crippen molar-refractivity contribution >= 4 is 0 Å². The molecule has 0 bridgehead atoms. The van der Waals surface area contributed by atoms with Crippen LogP contribution in [0.4, 0.5) is 0 Å². The van der Waals surface area contributed by atoms with Crippen LogP contribution in [-0.2, 0) is 33.2 Å². The highest BCUT2D eigenvalue weighted by molar-refractivity contribution is 4.76. The minimum atomic E-state index is -0.623. The van der Waals surface area contributed by atoms with Crippen molar-refractivity contribution in [1.82, 2.24) is 0 Å². The van der Waals surface area contributed by atoms with E-state index in [1.165, 1.54) is 0 Å². The Hall–Kier alpha value is -0.360. The van der Waals surface area contributed by atoms with E-state index < -0.39 is 11.2 Å². The molecule has 0 saturated carbocycles. The van der Waals surface area contributed by atoms with Gasteiger partial charge in [0.25, 0.3) is 0 Å². The summed E-state index contributed by atoms with van der Waals surface area (Å²) < 4.78 is 39.5. The second-order valence-electron chi connectivity index (χ2n) is 6.87. The molecule has 1 rings (SSSR count). The minimum absolute atomic E-state index is 0.0331. The number of hydrogen-bond donors (Lipinski definition) is 2. The number of aliphatic hydroxyl groups is 2. The van der Waals surface area contributed by atoms with Gasteiger partial charge < -0.3 is 43.4 Å². The zero-order valence-corrected chi connectivity index (χ0v) is 16.7. The molecule has 0 unspecified atom stereocenters. The van der Waals surface area contributed by atoms with E-state index in [4.69, 9.17) is 43.4 Å². The normalized spacial score (nSPS) is 29.8. The van der Waals surface area contributed by atoms with Crippen molar-refractivity contribution in [3.05, 3.63) is 0 Å². The average Bonchev–Trinajstić information content (AvgIpc) is 2.64. The first-order valence-electron chi connectivity index (χ1n) is 9.42. The van der Waals surface area contributed by atoms with Gasteiger partial charge in [0.2, 0.25) is 0 Å². The lowest BCUT2D eigenvalue weighted by Crippen LogP contribution is -2.41. The third kappa shape index (κ3) is 11.9. The van der Waals surface area contributed by atoms with Crippen LogP contribution in [0.1, 0.15) is 13.8 Å². The summed E-state index contributed by atoms with van der Waals surface area (Å²) in [5.41, 5.74) is -1.25.